The summed E-state index contributed by atoms with van der Waals surface area (Å²) in [6.07, 6.45) is 5.61. The molecular weight excluding hydrogens is 344 g/mol. The molecule has 0 radical (unpaired) electrons. The predicted octanol–water partition coefficient (Wildman–Crippen LogP) is 3.38. The van der Waals surface area contributed by atoms with Crippen LogP contribution in [0.4, 0.5) is 0 Å². The van der Waals surface area contributed by atoms with Crippen LogP contribution in [0.2, 0.25) is 0 Å². The van der Waals surface area contributed by atoms with Crippen LogP contribution in [0.1, 0.15) is 39.0 Å². The van der Waals surface area contributed by atoms with Gasteiger partial charge in [0.05, 0.1) is 4.90 Å². The molecule has 1 saturated heterocycles. The molecule has 0 amide bonds. The number of hydrogen-bond donors (Lipinski definition) is 0. The number of piperidine rings is 1. The summed E-state index contributed by atoms with van der Waals surface area (Å²) in [5, 5.41) is 0. The average molecular weight is 373 g/mol. The van der Waals surface area contributed by atoms with E-state index in [2.05, 4.69) is 11.8 Å². The summed E-state index contributed by atoms with van der Waals surface area (Å²) in [7, 11) is -1.63. The molecule has 1 heterocycles. The molecule has 136 valence electrons. The molecule has 24 heavy (non-hydrogen) atoms. The molecule has 1 aromatic rings. The average Bonchev–Trinajstić information content (AvgIpc) is 3.05. The van der Waals surface area contributed by atoms with Gasteiger partial charge in [0, 0.05) is 19.1 Å². The highest BCUT2D eigenvalue weighted by Crippen LogP contribution is 2.32. The lowest BCUT2D eigenvalue weighted by Crippen LogP contribution is -2.41. The first-order chi connectivity index (χ1) is 11.0. The number of halogens is 1. The van der Waals surface area contributed by atoms with Crippen LogP contribution in [0.25, 0.3) is 0 Å². The van der Waals surface area contributed by atoms with E-state index in [1.807, 2.05) is 6.07 Å². The summed E-state index contributed by atoms with van der Waals surface area (Å²) >= 11 is 0. The Hall–Kier alpha value is -0.620. The Kier molecular flexibility index (Phi) is 6.71. The lowest BCUT2D eigenvalue weighted by atomic mass is 9.97. The van der Waals surface area contributed by atoms with E-state index in [1.165, 1.54) is 25.9 Å². The van der Waals surface area contributed by atoms with E-state index in [9.17, 15) is 8.42 Å². The first-order valence-corrected chi connectivity index (χ1v) is 10.2. The Bertz CT molecular complexity index is 615. The zero-order valence-electron chi connectivity index (χ0n) is 14.6. The maximum absolute atomic E-state index is 12.8. The SMILES string of the molecule is CC1CCN(C2CCC(N(C)S(=O)(=O)c3ccccc3)C2)CC1.Cl. The van der Waals surface area contributed by atoms with Crippen molar-refractivity contribution in [3.63, 3.8) is 0 Å². The second-order valence-electron chi connectivity index (χ2n) is 7.17. The van der Waals surface area contributed by atoms with Crippen molar-refractivity contribution in [2.75, 3.05) is 20.1 Å². The van der Waals surface area contributed by atoms with Gasteiger partial charge >= 0.3 is 0 Å². The molecule has 2 unspecified atom stereocenters. The van der Waals surface area contributed by atoms with Crippen molar-refractivity contribution in [2.45, 2.75) is 56.0 Å². The fourth-order valence-electron chi connectivity index (χ4n) is 3.95. The predicted molar refractivity (Wildman–Crippen MR) is 100 cm³/mol. The largest absolute Gasteiger partial charge is 0.300 e. The molecule has 2 aliphatic rings. The van der Waals surface area contributed by atoms with Gasteiger partial charge in [0.1, 0.15) is 0 Å². The van der Waals surface area contributed by atoms with Crippen LogP contribution in [-0.2, 0) is 10.0 Å². The highest BCUT2D eigenvalue weighted by molar-refractivity contribution is 7.89. The second kappa shape index (κ2) is 8.17. The monoisotopic (exact) mass is 372 g/mol. The Morgan fingerprint density at radius 1 is 1.04 bits per heavy atom. The molecule has 0 bridgehead atoms. The van der Waals surface area contributed by atoms with Crippen LogP contribution in [0.15, 0.2) is 35.2 Å². The highest BCUT2D eigenvalue weighted by atomic mass is 35.5. The number of sulfonamides is 1. The number of nitrogens with zero attached hydrogens (tertiary/aromatic N) is 2. The Labute approximate surface area is 152 Å². The summed E-state index contributed by atoms with van der Waals surface area (Å²) in [5.74, 6) is 0.838. The van der Waals surface area contributed by atoms with Crippen molar-refractivity contribution < 1.29 is 8.42 Å². The van der Waals surface area contributed by atoms with Crippen molar-refractivity contribution in [3.8, 4) is 0 Å². The second-order valence-corrected chi connectivity index (χ2v) is 9.17. The van der Waals surface area contributed by atoms with E-state index in [0.29, 0.717) is 10.9 Å². The van der Waals surface area contributed by atoms with Gasteiger partial charge in [-0.3, -0.25) is 0 Å². The standard InChI is InChI=1S/C18H28N2O2S.ClH/c1-15-10-12-20(13-11-15)17-9-8-16(14-17)19(2)23(21,22)18-6-4-3-5-7-18;/h3-7,15-17H,8-14H2,1-2H3;1H. The van der Waals surface area contributed by atoms with Gasteiger partial charge in [0.2, 0.25) is 10.0 Å². The lowest BCUT2D eigenvalue weighted by Gasteiger charge is -2.35. The fraction of sp³-hybridized carbons (Fsp3) is 0.667. The van der Waals surface area contributed by atoms with Gasteiger partial charge in [-0.25, -0.2) is 8.42 Å². The molecule has 1 aliphatic heterocycles. The number of likely N-dealkylation sites (tertiary alicyclic amines) is 1. The molecule has 0 aromatic heterocycles. The van der Waals surface area contributed by atoms with Gasteiger partial charge < -0.3 is 4.90 Å². The van der Waals surface area contributed by atoms with E-state index in [0.717, 1.165) is 25.2 Å². The highest BCUT2D eigenvalue weighted by Gasteiger charge is 2.36. The molecule has 1 aliphatic carbocycles. The van der Waals surface area contributed by atoms with Crippen LogP contribution in [0.3, 0.4) is 0 Å². The molecule has 3 rings (SSSR count). The molecular formula is C18H29ClN2O2S. The van der Waals surface area contributed by atoms with E-state index in [-0.39, 0.29) is 18.4 Å². The van der Waals surface area contributed by atoms with Gasteiger partial charge in [0.15, 0.2) is 0 Å². The minimum absolute atomic E-state index is 0. The van der Waals surface area contributed by atoms with Crippen LogP contribution in [0, 0.1) is 5.92 Å². The number of benzene rings is 1. The molecule has 6 heteroatoms. The zero-order chi connectivity index (χ0) is 16.4. The summed E-state index contributed by atoms with van der Waals surface area (Å²) in [5.41, 5.74) is 0. The molecule has 2 fully saturated rings. The minimum atomic E-state index is -3.37. The third-order valence-corrected chi connectivity index (χ3v) is 7.57. The number of rotatable bonds is 4. The van der Waals surface area contributed by atoms with E-state index < -0.39 is 10.0 Å². The molecule has 1 aromatic carbocycles. The van der Waals surface area contributed by atoms with Gasteiger partial charge in [-0.1, -0.05) is 25.1 Å². The third kappa shape index (κ3) is 4.13. The summed E-state index contributed by atoms with van der Waals surface area (Å²) in [6.45, 7) is 4.68. The Morgan fingerprint density at radius 2 is 1.67 bits per heavy atom. The Balaban J connectivity index is 0.00000208. The maximum atomic E-state index is 12.8. The quantitative estimate of drug-likeness (QED) is 0.813. The van der Waals surface area contributed by atoms with Crippen LogP contribution < -0.4 is 0 Å². The maximum Gasteiger partial charge on any atom is 0.243 e. The van der Waals surface area contributed by atoms with E-state index >= 15 is 0 Å². The van der Waals surface area contributed by atoms with Crippen LogP contribution >= 0.6 is 12.4 Å². The Morgan fingerprint density at radius 3 is 2.29 bits per heavy atom. The zero-order valence-corrected chi connectivity index (χ0v) is 16.2. The van der Waals surface area contributed by atoms with Gasteiger partial charge in [0.25, 0.3) is 0 Å². The molecule has 0 N–H and O–H groups in total. The van der Waals surface area contributed by atoms with Crippen LogP contribution in [-0.4, -0.2) is 49.8 Å². The molecule has 1 saturated carbocycles. The summed E-state index contributed by atoms with van der Waals surface area (Å²) in [6, 6.07) is 9.47. The van der Waals surface area contributed by atoms with Crippen molar-refractivity contribution in [1.29, 1.82) is 0 Å². The van der Waals surface area contributed by atoms with Gasteiger partial charge in [-0.2, -0.15) is 4.31 Å². The molecule has 0 spiro atoms. The van der Waals surface area contributed by atoms with Crippen molar-refractivity contribution in [3.05, 3.63) is 30.3 Å². The smallest absolute Gasteiger partial charge is 0.243 e. The number of hydrogen-bond acceptors (Lipinski definition) is 3. The van der Waals surface area contributed by atoms with Crippen LogP contribution in [0.5, 0.6) is 0 Å². The van der Waals surface area contributed by atoms with Gasteiger partial charge in [-0.15, -0.1) is 12.4 Å². The van der Waals surface area contributed by atoms with Crippen molar-refractivity contribution in [1.82, 2.24) is 9.21 Å². The molecule has 4 nitrogen and oxygen atoms in total. The topological polar surface area (TPSA) is 40.6 Å². The fourth-order valence-corrected chi connectivity index (χ4v) is 5.36. The van der Waals surface area contributed by atoms with E-state index in [4.69, 9.17) is 0 Å². The molecule has 2 atom stereocenters. The van der Waals surface area contributed by atoms with Crippen molar-refractivity contribution >= 4 is 22.4 Å². The summed E-state index contributed by atoms with van der Waals surface area (Å²) in [4.78, 5) is 2.99. The van der Waals surface area contributed by atoms with Crippen molar-refractivity contribution in [2.24, 2.45) is 5.92 Å². The normalized spacial score (nSPS) is 26.5. The first kappa shape index (κ1) is 19.7. The summed E-state index contributed by atoms with van der Waals surface area (Å²) < 4.78 is 27.1. The lowest BCUT2D eigenvalue weighted by molar-refractivity contribution is 0.136. The minimum Gasteiger partial charge on any atom is -0.300 e. The van der Waals surface area contributed by atoms with E-state index in [1.54, 1.807) is 35.6 Å². The first-order valence-electron chi connectivity index (χ1n) is 8.75. The van der Waals surface area contributed by atoms with Gasteiger partial charge in [-0.05, 0) is 63.2 Å². The third-order valence-electron chi connectivity index (χ3n) is 5.65.